The Labute approximate surface area is 302 Å². The zero-order valence-electron chi connectivity index (χ0n) is 27.1. The average Bonchev–Trinajstić information content (AvgIpc) is 3.55. The molecule has 10 nitrogen and oxygen atoms in total. The van der Waals surface area contributed by atoms with Gasteiger partial charge in [0.1, 0.15) is 41.0 Å². The highest BCUT2D eigenvalue weighted by Crippen LogP contribution is 2.68. The second-order valence-corrected chi connectivity index (χ2v) is 13.9. The average molecular weight is 771 g/mol. The summed E-state index contributed by atoms with van der Waals surface area (Å²) < 4.78 is 117. The second kappa shape index (κ2) is 12.6. The first-order valence-corrected chi connectivity index (χ1v) is 16.9. The smallest absolute Gasteiger partial charge is 0.366 e. The molecule has 3 N–H and O–H groups in total. The molecule has 1 fully saturated rings. The van der Waals surface area contributed by atoms with Crippen LogP contribution >= 0.6 is 11.3 Å². The number of hydrogen-bond acceptors (Lipinski definition) is 8. The molecule has 4 aromatic heterocycles. The number of pyridine rings is 1. The van der Waals surface area contributed by atoms with E-state index in [-0.39, 0.29) is 34.5 Å². The molecule has 276 valence electrons. The van der Waals surface area contributed by atoms with Gasteiger partial charge in [0, 0.05) is 41.1 Å². The van der Waals surface area contributed by atoms with E-state index in [1.807, 2.05) is 0 Å². The lowest BCUT2D eigenvalue weighted by atomic mass is 9.94. The number of carbonyl (C=O) groups is 2. The van der Waals surface area contributed by atoms with Gasteiger partial charge in [-0.3, -0.25) is 14.3 Å². The van der Waals surface area contributed by atoms with Crippen LogP contribution in [0.15, 0.2) is 61.2 Å². The fourth-order valence-electron chi connectivity index (χ4n) is 6.94. The number of benzene rings is 2. The normalized spacial score (nSPS) is 17.6. The summed E-state index contributed by atoms with van der Waals surface area (Å²) in [4.78, 5) is 43.1. The highest BCUT2D eigenvalue weighted by atomic mass is 32.1. The van der Waals surface area contributed by atoms with Gasteiger partial charge in [0.15, 0.2) is 11.3 Å². The van der Waals surface area contributed by atoms with Crippen LogP contribution in [0.5, 0.6) is 0 Å². The van der Waals surface area contributed by atoms with Crippen LogP contribution in [0.25, 0.3) is 32.0 Å². The van der Waals surface area contributed by atoms with E-state index >= 15 is 8.78 Å². The van der Waals surface area contributed by atoms with Crippen LogP contribution in [0.1, 0.15) is 56.9 Å². The summed E-state index contributed by atoms with van der Waals surface area (Å²) in [5.74, 6) is -11.2. The molecule has 54 heavy (non-hydrogen) atoms. The number of amides is 2. The molecule has 0 aliphatic heterocycles. The van der Waals surface area contributed by atoms with E-state index < -0.39 is 94.7 Å². The molecule has 2 amide bonds. The van der Waals surface area contributed by atoms with Crippen LogP contribution < -0.4 is 11.1 Å². The zero-order valence-corrected chi connectivity index (χ0v) is 28.0. The lowest BCUT2D eigenvalue weighted by molar-refractivity contribution is -0.142. The molecule has 0 radical (unpaired) electrons. The van der Waals surface area contributed by atoms with Crippen LogP contribution in [-0.2, 0) is 29.9 Å². The summed E-state index contributed by atoms with van der Waals surface area (Å²) in [6.45, 7) is -1.09. The molecule has 6 aromatic rings. The third-order valence-corrected chi connectivity index (χ3v) is 10.3. The van der Waals surface area contributed by atoms with E-state index in [1.165, 1.54) is 24.8 Å². The maximum Gasteiger partial charge on any atom is 0.435 e. The minimum absolute atomic E-state index is 0.00561. The third kappa shape index (κ3) is 6.20. The maximum absolute atomic E-state index is 15.3. The summed E-state index contributed by atoms with van der Waals surface area (Å²) in [5, 5.41) is 6.40. The molecular formula is C35H22F8N8O2S. The number of rotatable bonds is 9. The number of aromatic nitrogens is 6. The first kappa shape index (κ1) is 35.2. The van der Waals surface area contributed by atoms with Crippen molar-refractivity contribution in [1.82, 2.24) is 35.0 Å². The molecule has 2 aromatic carbocycles. The largest absolute Gasteiger partial charge is 0.435 e. The van der Waals surface area contributed by atoms with Gasteiger partial charge in [0.25, 0.3) is 11.8 Å². The maximum atomic E-state index is 15.3. The SMILES string of the molecule is NC(=O)c1cc(-c2cc3sc(-c4cncnc4)nc3nc2[C@H](Cc2cc(F)cc(F)c2)NC(=O)Cn2nc(C(F)(F)F)c3c2C(F)(F)C2C[C@H]32)ccc1F. The predicted molar refractivity (Wildman–Crippen MR) is 175 cm³/mol. The van der Waals surface area contributed by atoms with Crippen LogP contribution in [0.2, 0.25) is 0 Å². The Morgan fingerprint density at radius 3 is 2.41 bits per heavy atom. The summed E-state index contributed by atoms with van der Waals surface area (Å²) >= 11 is 1.16. The van der Waals surface area contributed by atoms with Gasteiger partial charge < -0.3 is 11.1 Å². The number of halogens is 8. The van der Waals surface area contributed by atoms with E-state index in [0.29, 0.717) is 26.0 Å². The molecule has 1 unspecified atom stereocenters. The molecule has 0 bridgehead atoms. The molecule has 2 aliphatic rings. The van der Waals surface area contributed by atoms with Gasteiger partial charge >= 0.3 is 6.18 Å². The Balaban J connectivity index is 1.26. The van der Waals surface area contributed by atoms with Crippen molar-refractivity contribution in [1.29, 1.82) is 0 Å². The van der Waals surface area contributed by atoms with Gasteiger partial charge in [-0.1, -0.05) is 6.07 Å². The van der Waals surface area contributed by atoms with Crippen molar-refractivity contribution in [2.75, 3.05) is 0 Å². The molecule has 8 rings (SSSR count). The van der Waals surface area contributed by atoms with Crippen LogP contribution in [0, 0.1) is 23.4 Å². The summed E-state index contributed by atoms with van der Waals surface area (Å²) in [6.07, 6.45) is -1.32. The van der Waals surface area contributed by atoms with Crippen molar-refractivity contribution in [3.8, 4) is 21.7 Å². The van der Waals surface area contributed by atoms with Crippen LogP contribution in [-0.4, -0.2) is 41.5 Å². The number of nitrogens with two attached hydrogens (primary N) is 1. The number of thiazole rings is 1. The Morgan fingerprint density at radius 2 is 1.72 bits per heavy atom. The Hall–Kier alpha value is -5.85. The Morgan fingerprint density at radius 1 is 1.00 bits per heavy atom. The topological polar surface area (TPSA) is 142 Å². The quantitative estimate of drug-likeness (QED) is 0.153. The highest BCUT2D eigenvalue weighted by molar-refractivity contribution is 7.21. The third-order valence-electron chi connectivity index (χ3n) is 9.28. The van der Waals surface area contributed by atoms with Crippen molar-refractivity contribution in [3.05, 3.63) is 112 Å². The van der Waals surface area contributed by atoms with Gasteiger partial charge in [-0.25, -0.2) is 33.1 Å². The number of alkyl halides is 5. The molecule has 4 heterocycles. The van der Waals surface area contributed by atoms with Gasteiger partial charge in [-0.2, -0.15) is 27.1 Å². The minimum Gasteiger partial charge on any atom is -0.366 e. The van der Waals surface area contributed by atoms with E-state index in [1.54, 1.807) is 6.07 Å². The summed E-state index contributed by atoms with van der Waals surface area (Å²) in [6, 6.07) is 6.14. The zero-order chi connectivity index (χ0) is 38.3. The molecule has 0 saturated heterocycles. The lowest BCUT2D eigenvalue weighted by Gasteiger charge is -2.23. The molecule has 1 saturated carbocycles. The number of nitrogens with one attached hydrogen (secondary N) is 1. The van der Waals surface area contributed by atoms with Gasteiger partial charge in [-0.05, 0) is 60.2 Å². The number of carbonyl (C=O) groups excluding carboxylic acids is 2. The van der Waals surface area contributed by atoms with Crippen molar-refractivity contribution in [2.45, 2.75) is 43.4 Å². The molecular weight excluding hydrogens is 748 g/mol. The summed E-state index contributed by atoms with van der Waals surface area (Å²) in [5.41, 5.74) is 2.68. The number of hydrogen-bond donors (Lipinski definition) is 2. The van der Waals surface area contributed by atoms with Crippen LogP contribution in [0.3, 0.4) is 0 Å². The first-order valence-electron chi connectivity index (χ1n) is 16.1. The second-order valence-electron chi connectivity index (χ2n) is 12.9. The first-order chi connectivity index (χ1) is 25.6. The van der Waals surface area contributed by atoms with E-state index in [2.05, 4.69) is 30.4 Å². The molecule has 3 atom stereocenters. The van der Waals surface area contributed by atoms with Crippen molar-refractivity contribution >= 4 is 33.5 Å². The van der Waals surface area contributed by atoms with Gasteiger partial charge in [0.2, 0.25) is 5.91 Å². The molecule has 2 aliphatic carbocycles. The molecule has 0 spiro atoms. The van der Waals surface area contributed by atoms with E-state index in [9.17, 15) is 35.9 Å². The van der Waals surface area contributed by atoms with E-state index in [0.717, 1.165) is 35.6 Å². The van der Waals surface area contributed by atoms with Gasteiger partial charge in [0.05, 0.1) is 22.0 Å². The van der Waals surface area contributed by atoms with Crippen molar-refractivity contribution in [3.63, 3.8) is 0 Å². The minimum atomic E-state index is -5.07. The Kier molecular flexibility index (Phi) is 8.23. The van der Waals surface area contributed by atoms with Crippen molar-refractivity contribution in [2.24, 2.45) is 11.7 Å². The fourth-order valence-corrected chi connectivity index (χ4v) is 7.86. The highest BCUT2D eigenvalue weighted by Gasteiger charge is 2.68. The van der Waals surface area contributed by atoms with Crippen LogP contribution in [0.4, 0.5) is 35.1 Å². The summed E-state index contributed by atoms with van der Waals surface area (Å²) in [7, 11) is 0. The monoisotopic (exact) mass is 770 g/mol. The standard InChI is InChI=1S/C35H22F8N8O2S/c36-17-3-14(4-18(37)7-17)5-24(47-26(52)12-51-30-27(29(50-51)35(41,42)43)20-8-22(20)34(30,39)40)28-19(15-1-2-23(38)21(6-15)31(44)53)9-25-32(48-28)49-33(54-25)16-10-45-13-46-11-16/h1-4,6-7,9-11,13,20,22,24H,5,8,12H2,(H2,44,53)(H,47,52)/t20-,22?,24-/m0/s1. The Bertz CT molecular complexity index is 2480. The number of primary amides is 1. The molecule has 19 heteroatoms. The lowest BCUT2D eigenvalue weighted by Crippen LogP contribution is -2.35. The van der Waals surface area contributed by atoms with Crippen molar-refractivity contribution < 1.29 is 44.7 Å². The number of nitrogens with zero attached hydrogens (tertiary/aromatic N) is 6. The van der Waals surface area contributed by atoms with Gasteiger partial charge in [-0.15, -0.1) is 11.3 Å². The predicted octanol–water partition coefficient (Wildman–Crippen LogP) is 6.86. The number of fused-ring (bicyclic) bond motifs is 4. The van der Waals surface area contributed by atoms with E-state index in [4.69, 9.17) is 5.73 Å². The fraction of sp³-hybridized carbons (Fsp3) is 0.229.